The molecule has 3 amide bonds. The molecule has 182 valence electrons. The molecule has 0 bridgehead atoms. The minimum Gasteiger partial charge on any atom is -0.507 e. The highest BCUT2D eigenvalue weighted by molar-refractivity contribution is 9.10. The van der Waals surface area contributed by atoms with Gasteiger partial charge in [0.25, 0.3) is 11.8 Å². The van der Waals surface area contributed by atoms with Crippen LogP contribution < -0.4 is 10.6 Å². The Morgan fingerprint density at radius 1 is 1.40 bits per heavy atom. The first-order valence-electron chi connectivity index (χ1n) is 9.82. The molecule has 0 aliphatic carbocycles. The number of rotatable bonds is 9. The van der Waals surface area contributed by atoms with Gasteiger partial charge in [0, 0.05) is 11.1 Å². The normalized spacial score (nSPS) is 19.2. The largest absolute Gasteiger partial charge is 0.507 e. The monoisotopic (exact) mass is 581 g/mol. The number of carboxylic acid groups (broad SMARTS) is 1. The third kappa shape index (κ3) is 5.16. The number of carbonyl (C=O) groups excluding carboxylic acids is 3. The Morgan fingerprint density at radius 3 is 2.91 bits per heavy atom. The van der Waals surface area contributed by atoms with E-state index in [0.29, 0.717) is 22.2 Å². The van der Waals surface area contributed by atoms with Crippen LogP contribution in [-0.2, 0) is 30.6 Å². The second-order valence-electron chi connectivity index (χ2n) is 7.08. The van der Waals surface area contributed by atoms with Gasteiger partial charge < -0.3 is 25.7 Å². The van der Waals surface area contributed by atoms with Gasteiger partial charge in [0.15, 0.2) is 10.8 Å². The lowest BCUT2D eigenvalue weighted by atomic mass is 10.0. The highest BCUT2D eigenvalue weighted by Crippen LogP contribution is 2.37. The number of anilines is 1. The molecule has 1 fully saturated rings. The number of halogens is 1. The van der Waals surface area contributed by atoms with Gasteiger partial charge in [-0.3, -0.25) is 19.3 Å². The molecule has 35 heavy (non-hydrogen) atoms. The summed E-state index contributed by atoms with van der Waals surface area (Å²) in [5.74, 6) is -2.17. The molecule has 12 nitrogen and oxygen atoms in total. The number of thioether (sulfide) groups is 1. The molecular formula is C20H16BrN5O7S2. The molecule has 15 heteroatoms. The number of phenols is 1. The van der Waals surface area contributed by atoms with Gasteiger partial charge in [-0.1, -0.05) is 11.2 Å². The molecule has 1 saturated heterocycles. The van der Waals surface area contributed by atoms with Gasteiger partial charge in [-0.25, -0.2) is 9.78 Å². The van der Waals surface area contributed by atoms with E-state index in [-0.39, 0.29) is 34.6 Å². The molecule has 2 aliphatic rings. The summed E-state index contributed by atoms with van der Waals surface area (Å²) in [4.78, 5) is 58.4. The number of amides is 3. The third-order valence-corrected chi connectivity index (χ3v) is 7.52. The molecule has 0 saturated carbocycles. The molecule has 2 aliphatic heterocycles. The number of aliphatic carboxylic acids is 1. The topological polar surface area (TPSA) is 171 Å². The second kappa shape index (κ2) is 10.5. The fourth-order valence-electron chi connectivity index (χ4n) is 3.27. The number of benzene rings is 1. The first kappa shape index (κ1) is 24.7. The molecule has 2 aromatic rings. The van der Waals surface area contributed by atoms with Crippen LogP contribution in [-0.4, -0.2) is 67.2 Å². The van der Waals surface area contributed by atoms with Crippen molar-refractivity contribution < 1.29 is 34.2 Å². The van der Waals surface area contributed by atoms with Crippen molar-refractivity contribution in [2.75, 3.05) is 11.1 Å². The van der Waals surface area contributed by atoms with Crippen LogP contribution in [0.2, 0.25) is 0 Å². The van der Waals surface area contributed by atoms with Crippen molar-refractivity contribution >= 4 is 74.1 Å². The second-order valence-corrected chi connectivity index (χ2v) is 9.94. The van der Waals surface area contributed by atoms with Crippen LogP contribution in [0.25, 0.3) is 0 Å². The van der Waals surface area contributed by atoms with E-state index in [9.17, 15) is 29.4 Å². The third-order valence-electron chi connectivity index (χ3n) is 4.89. The van der Waals surface area contributed by atoms with Gasteiger partial charge in [-0.05, 0) is 39.7 Å². The first-order chi connectivity index (χ1) is 16.8. The van der Waals surface area contributed by atoms with Gasteiger partial charge in [0.1, 0.15) is 35.2 Å². The summed E-state index contributed by atoms with van der Waals surface area (Å²) in [6, 6.07) is 3.81. The lowest BCUT2D eigenvalue weighted by molar-refractivity contribution is -0.150. The Kier molecular flexibility index (Phi) is 7.37. The van der Waals surface area contributed by atoms with E-state index >= 15 is 0 Å². The molecule has 1 unspecified atom stereocenters. The van der Waals surface area contributed by atoms with E-state index in [1.54, 1.807) is 12.1 Å². The van der Waals surface area contributed by atoms with Gasteiger partial charge in [-0.2, -0.15) is 0 Å². The van der Waals surface area contributed by atoms with E-state index in [1.165, 1.54) is 29.3 Å². The number of nitrogens with one attached hydrogen (secondary N) is 2. The molecule has 4 rings (SSSR count). The number of β-lactam (4-membered cyclic amide) rings is 1. The number of phenolic OH excluding ortho intramolecular Hbond substituents is 1. The highest BCUT2D eigenvalue weighted by Gasteiger charge is 2.53. The number of hydrogen-bond donors (Lipinski definition) is 4. The Labute approximate surface area is 214 Å². The van der Waals surface area contributed by atoms with E-state index in [4.69, 9.17) is 4.84 Å². The summed E-state index contributed by atoms with van der Waals surface area (Å²) in [6.07, 6.45) is 1.88. The number of thiazole rings is 1. The van der Waals surface area contributed by atoms with Crippen molar-refractivity contribution in [1.82, 2.24) is 15.2 Å². The average Bonchev–Trinajstić information content (AvgIpc) is 3.30. The zero-order valence-corrected chi connectivity index (χ0v) is 20.7. The number of hydrogen-bond acceptors (Lipinski definition) is 10. The van der Waals surface area contributed by atoms with Gasteiger partial charge in [0.2, 0.25) is 6.41 Å². The van der Waals surface area contributed by atoms with E-state index in [1.807, 2.05) is 0 Å². The summed E-state index contributed by atoms with van der Waals surface area (Å²) in [5, 5.41) is 29.1. The molecule has 1 aromatic carbocycles. The van der Waals surface area contributed by atoms with E-state index in [2.05, 4.69) is 36.7 Å². The minimum absolute atomic E-state index is 0.00457. The maximum Gasteiger partial charge on any atom is 0.352 e. The predicted octanol–water partition coefficient (Wildman–Crippen LogP) is 1.47. The molecular weight excluding hydrogens is 566 g/mol. The molecule has 1 aromatic heterocycles. The van der Waals surface area contributed by atoms with Crippen LogP contribution in [0.5, 0.6) is 5.75 Å². The number of aromatic hydroxyl groups is 1. The zero-order chi connectivity index (χ0) is 25.1. The van der Waals surface area contributed by atoms with Crippen molar-refractivity contribution in [2.45, 2.75) is 18.0 Å². The molecule has 2 atom stereocenters. The van der Waals surface area contributed by atoms with Gasteiger partial charge in [0.05, 0.1) is 4.47 Å². The lowest BCUT2D eigenvalue weighted by Gasteiger charge is -2.48. The van der Waals surface area contributed by atoms with Crippen molar-refractivity contribution in [2.24, 2.45) is 5.16 Å². The maximum atomic E-state index is 13.1. The van der Waals surface area contributed by atoms with Crippen molar-refractivity contribution in [3.63, 3.8) is 0 Å². The van der Waals surface area contributed by atoms with Crippen LogP contribution in [0.1, 0.15) is 11.3 Å². The summed E-state index contributed by atoms with van der Waals surface area (Å²) in [6.45, 7) is -0.0808. The quantitative estimate of drug-likeness (QED) is 0.148. The SMILES string of the molecule is O=CNc1nc(C(=NOCc2ccc(Br)c(O)c2)C(=O)NC2C(=O)N3C(C(=O)O)=CCS[C@H]23)cs1. The van der Waals surface area contributed by atoms with Crippen LogP contribution in [0.15, 0.2) is 45.0 Å². The standard InChI is InChI=1S/C20H16BrN5O7S2/c21-10-2-1-9(5-13(10)28)6-33-25-14(11-7-35-20(23-11)22-8-27)16(29)24-15-17(30)26-12(19(31)32)3-4-34-18(15)26/h1-3,5,7-8,15,18,28H,4,6H2,(H,24,29)(H,31,32)(H,22,23,27)/t15?,18-/m1/s1. The lowest BCUT2D eigenvalue weighted by Crippen LogP contribution is -2.70. The molecule has 0 radical (unpaired) electrons. The number of fused-ring (bicyclic) bond motifs is 1. The number of aromatic nitrogens is 1. The number of carbonyl (C=O) groups is 4. The molecule has 0 spiro atoms. The fourth-order valence-corrected chi connectivity index (χ4v) is 5.37. The number of carboxylic acids is 1. The van der Waals surface area contributed by atoms with Crippen molar-refractivity contribution in [3.05, 3.63) is 51.1 Å². The Bertz CT molecular complexity index is 1260. The molecule has 3 heterocycles. The number of oxime groups is 1. The predicted molar refractivity (Wildman–Crippen MR) is 130 cm³/mol. The fraction of sp³-hybridized carbons (Fsp3) is 0.200. The van der Waals surface area contributed by atoms with E-state index < -0.39 is 29.2 Å². The van der Waals surface area contributed by atoms with Gasteiger partial charge >= 0.3 is 5.97 Å². The van der Waals surface area contributed by atoms with Crippen LogP contribution in [0, 0.1) is 0 Å². The summed E-state index contributed by atoms with van der Waals surface area (Å²) in [5.41, 5.74) is 0.305. The summed E-state index contributed by atoms with van der Waals surface area (Å²) in [7, 11) is 0. The molecule has 4 N–H and O–H groups in total. The Hall–Kier alpha value is -3.43. The average molecular weight is 582 g/mol. The Morgan fingerprint density at radius 2 is 2.20 bits per heavy atom. The van der Waals surface area contributed by atoms with Crippen LogP contribution in [0.4, 0.5) is 5.13 Å². The maximum absolute atomic E-state index is 13.1. The highest BCUT2D eigenvalue weighted by atomic mass is 79.9. The Balaban J connectivity index is 1.52. The summed E-state index contributed by atoms with van der Waals surface area (Å²) < 4.78 is 0.503. The number of nitrogens with zero attached hydrogens (tertiary/aromatic N) is 3. The smallest absolute Gasteiger partial charge is 0.352 e. The summed E-state index contributed by atoms with van der Waals surface area (Å²) >= 11 is 5.55. The minimum atomic E-state index is -1.22. The zero-order valence-electron chi connectivity index (χ0n) is 17.5. The van der Waals surface area contributed by atoms with Crippen molar-refractivity contribution in [1.29, 1.82) is 0 Å². The van der Waals surface area contributed by atoms with Crippen LogP contribution in [0.3, 0.4) is 0 Å². The van der Waals surface area contributed by atoms with Crippen molar-refractivity contribution in [3.8, 4) is 5.75 Å². The first-order valence-corrected chi connectivity index (χ1v) is 12.5. The van der Waals surface area contributed by atoms with Crippen LogP contribution >= 0.6 is 39.0 Å². The van der Waals surface area contributed by atoms with E-state index in [0.717, 1.165) is 16.2 Å². The van der Waals surface area contributed by atoms with Gasteiger partial charge in [-0.15, -0.1) is 23.1 Å².